The Bertz CT molecular complexity index is 782. The first kappa shape index (κ1) is 17.3. The summed E-state index contributed by atoms with van der Waals surface area (Å²) in [6.45, 7) is 5.96. The Morgan fingerprint density at radius 3 is 2.46 bits per heavy atom. The van der Waals surface area contributed by atoms with E-state index in [1.807, 2.05) is 19.9 Å². The van der Waals surface area contributed by atoms with Crippen molar-refractivity contribution in [2.45, 2.75) is 70.9 Å². The van der Waals surface area contributed by atoms with Crippen molar-refractivity contribution >= 4 is 17.7 Å². The molecule has 140 valence electrons. The highest BCUT2D eigenvalue weighted by molar-refractivity contribution is 6.11. The second-order valence-corrected chi connectivity index (χ2v) is 8.40. The zero-order valence-electron chi connectivity index (χ0n) is 15.8. The molecule has 6 nitrogen and oxygen atoms in total. The minimum absolute atomic E-state index is 0.158. The van der Waals surface area contributed by atoms with Crippen molar-refractivity contribution < 1.29 is 14.4 Å². The fourth-order valence-corrected chi connectivity index (χ4v) is 4.60. The summed E-state index contributed by atoms with van der Waals surface area (Å²) < 4.78 is 2.21. The number of rotatable bonds is 4. The molecular weight excluding hydrogens is 330 g/mol. The largest absolute Gasteiger partial charge is 0.345 e. The molecule has 2 aliphatic carbocycles. The molecule has 0 unspecified atom stereocenters. The predicted octanol–water partition coefficient (Wildman–Crippen LogP) is 3.12. The van der Waals surface area contributed by atoms with Crippen LogP contribution in [0.2, 0.25) is 0 Å². The summed E-state index contributed by atoms with van der Waals surface area (Å²) in [5.74, 6) is 0.197. The Morgan fingerprint density at radius 2 is 1.85 bits per heavy atom. The molecule has 3 aliphatic rings. The highest BCUT2D eigenvalue weighted by Gasteiger charge is 2.52. The minimum atomic E-state index is -0.783. The zero-order valence-corrected chi connectivity index (χ0v) is 15.8. The van der Waals surface area contributed by atoms with Crippen molar-refractivity contribution in [3.8, 4) is 0 Å². The number of imide groups is 1. The number of amides is 3. The number of carbonyl (C=O) groups is 3. The summed E-state index contributed by atoms with van der Waals surface area (Å²) >= 11 is 0. The summed E-state index contributed by atoms with van der Waals surface area (Å²) in [5, 5.41) is 2.89. The molecule has 1 saturated heterocycles. The lowest BCUT2D eigenvalue weighted by Crippen LogP contribution is -2.49. The standard InChI is InChI=1S/C20H27N3O3/c1-12-6-8-20(9-7-12)18(25)22(19(26)21-20)11-17(24)16-10-13(2)23(14(16)3)15-4-5-15/h10,12,15H,4-9,11H2,1-3H3,(H,21,26). The van der Waals surface area contributed by atoms with Gasteiger partial charge in [-0.3, -0.25) is 14.5 Å². The minimum Gasteiger partial charge on any atom is -0.345 e. The van der Waals surface area contributed by atoms with Crippen LogP contribution in [0.15, 0.2) is 6.07 Å². The number of nitrogens with zero attached hydrogens (tertiary/aromatic N) is 2. The number of hydrogen-bond donors (Lipinski definition) is 1. The van der Waals surface area contributed by atoms with Crippen LogP contribution in [0, 0.1) is 19.8 Å². The first-order valence-corrected chi connectivity index (χ1v) is 9.68. The van der Waals surface area contributed by atoms with Crippen LogP contribution in [0.1, 0.15) is 73.2 Å². The number of ketones is 1. The molecule has 1 aromatic heterocycles. The van der Waals surface area contributed by atoms with Crippen molar-refractivity contribution in [1.82, 2.24) is 14.8 Å². The zero-order chi connectivity index (χ0) is 18.6. The molecule has 6 heteroatoms. The number of urea groups is 1. The first-order chi connectivity index (χ1) is 12.3. The van der Waals surface area contributed by atoms with Gasteiger partial charge >= 0.3 is 6.03 Å². The molecule has 1 spiro atoms. The van der Waals surface area contributed by atoms with E-state index >= 15 is 0 Å². The second kappa shape index (κ2) is 5.96. The molecule has 2 heterocycles. The van der Waals surface area contributed by atoms with Gasteiger partial charge in [-0.15, -0.1) is 0 Å². The molecule has 4 rings (SSSR count). The van der Waals surface area contributed by atoms with Crippen LogP contribution < -0.4 is 5.32 Å². The van der Waals surface area contributed by atoms with Gasteiger partial charge in [0.1, 0.15) is 5.54 Å². The Labute approximate surface area is 153 Å². The van der Waals surface area contributed by atoms with Crippen molar-refractivity contribution in [3.63, 3.8) is 0 Å². The van der Waals surface area contributed by atoms with Crippen LogP contribution in [-0.2, 0) is 4.79 Å². The Balaban J connectivity index is 1.52. The lowest BCUT2D eigenvalue weighted by Gasteiger charge is -2.33. The van der Waals surface area contributed by atoms with Crippen molar-refractivity contribution in [2.75, 3.05) is 6.54 Å². The highest BCUT2D eigenvalue weighted by Crippen LogP contribution is 2.39. The van der Waals surface area contributed by atoms with Crippen molar-refractivity contribution in [1.29, 1.82) is 0 Å². The van der Waals surface area contributed by atoms with Gasteiger partial charge in [-0.05, 0) is 64.4 Å². The molecular formula is C20H27N3O3. The molecule has 1 aliphatic heterocycles. The van der Waals surface area contributed by atoms with Gasteiger partial charge in [0.15, 0.2) is 5.78 Å². The summed E-state index contributed by atoms with van der Waals surface area (Å²) in [4.78, 5) is 39.3. The molecule has 26 heavy (non-hydrogen) atoms. The lowest BCUT2D eigenvalue weighted by atomic mass is 9.77. The van der Waals surface area contributed by atoms with E-state index in [9.17, 15) is 14.4 Å². The average molecular weight is 357 g/mol. The van der Waals surface area contributed by atoms with E-state index < -0.39 is 11.6 Å². The summed E-state index contributed by atoms with van der Waals surface area (Å²) in [6, 6.07) is 1.97. The molecule has 1 aromatic rings. The van der Waals surface area contributed by atoms with Crippen molar-refractivity contribution in [2.24, 2.45) is 5.92 Å². The van der Waals surface area contributed by atoms with Crippen LogP contribution in [0.3, 0.4) is 0 Å². The van der Waals surface area contributed by atoms with E-state index in [1.165, 1.54) is 0 Å². The van der Waals surface area contributed by atoms with Gasteiger partial charge in [-0.2, -0.15) is 0 Å². The number of Topliss-reactive ketones (excluding diaryl/α,β-unsaturated/α-hetero) is 1. The summed E-state index contributed by atoms with van der Waals surface area (Å²) in [5.41, 5.74) is 1.87. The third kappa shape index (κ3) is 2.66. The maximum atomic E-state index is 12.9. The van der Waals surface area contributed by atoms with Crippen LogP contribution in [0.25, 0.3) is 0 Å². The van der Waals surface area contributed by atoms with E-state index in [1.54, 1.807) is 0 Å². The topological polar surface area (TPSA) is 71.4 Å². The molecule has 3 amide bonds. The van der Waals surface area contributed by atoms with Crippen LogP contribution in [0.5, 0.6) is 0 Å². The number of aromatic nitrogens is 1. The van der Waals surface area contributed by atoms with Gasteiger partial charge in [-0.25, -0.2) is 4.79 Å². The van der Waals surface area contributed by atoms with Gasteiger partial charge in [-0.1, -0.05) is 6.92 Å². The number of aryl methyl sites for hydroxylation is 1. The Kier molecular flexibility index (Phi) is 3.97. The lowest BCUT2D eigenvalue weighted by molar-refractivity contribution is -0.132. The molecule has 1 N–H and O–H groups in total. The van der Waals surface area contributed by atoms with Crippen LogP contribution in [0.4, 0.5) is 4.79 Å². The molecule has 3 fully saturated rings. The highest BCUT2D eigenvalue weighted by atomic mass is 16.2. The van der Waals surface area contributed by atoms with Crippen molar-refractivity contribution in [3.05, 3.63) is 23.0 Å². The van der Waals surface area contributed by atoms with E-state index in [-0.39, 0.29) is 18.2 Å². The van der Waals surface area contributed by atoms with E-state index in [2.05, 4.69) is 16.8 Å². The quantitative estimate of drug-likeness (QED) is 0.665. The average Bonchev–Trinajstić information content (AvgIpc) is 3.34. The van der Waals surface area contributed by atoms with E-state index in [4.69, 9.17) is 0 Å². The SMILES string of the molecule is Cc1cc(C(=O)CN2C(=O)NC3(CCC(C)CC3)C2=O)c(C)n1C1CC1. The molecule has 2 saturated carbocycles. The molecule has 0 radical (unpaired) electrons. The predicted molar refractivity (Wildman–Crippen MR) is 97.1 cm³/mol. The fourth-order valence-electron chi connectivity index (χ4n) is 4.60. The second-order valence-electron chi connectivity index (χ2n) is 8.40. The molecule has 0 bridgehead atoms. The molecule has 0 aromatic carbocycles. The maximum Gasteiger partial charge on any atom is 0.325 e. The van der Waals surface area contributed by atoms with E-state index in [0.29, 0.717) is 30.4 Å². The smallest absolute Gasteiger partial charge is 0.325 e. The Hall–Kier alpha value is -2.11. The molecule has 0 atom stereocenters. The van der Waals surface area contributed by atoms with Gasteiger partial charge < -0.3 is 9.88 Å². The van der Waals surface area contributed by atoms with Gasteiger partial charge in [0.05, 0.1) is 6.54 Å². The summed E-state index contributed by atoms with van der Waals surface area (Å²) in [6.07, 6.45) is 5.49. The maximum absolute atomic E-state index is 12.9. The first-order valence-electron chi connectivity index (χ1n) is 9.68. The Morgan fingerprint density at radius 1 is 1.19 bits per heavy atom. The fraction of sp³-hybridized carbons (Fsp3) is 0.650. The number of carbonyl (C=O) groups excluding carboxylic acids is 3. The number of nitrogens with one attached hydrogen (secondary N) is 1. The van der Waals surface area contributed by atoms with E-state index in [0.717, 1.165) is 42.0 Å². The van der Waals surface area contributed by atoms with Crippen LogP contribution in [-0.4, -0.2) is 39.3 Å². The number of hydrogen-bond acceptors (Lipinski definition) is 3. The van der Waals surface area contributed by atoms with Gasteiger partial charge in [0, 0.05) is 23.0 Å². The normalized spacial score (nSPS) is 28.7. The third-order valence-corrected chi connectivity index (χ3v) is 6.37. The van der Waals surface area contributed by atoms with Gasteiger partial charge in [0.2, 0.25) is 0 Å². The van der Waals surface area contributed by atoms with Gasteiger partial charge in [0.25, 0.3) is 5.91 Å². The monoisotopic (exact) mass is 357 g/mol. The summed E-state index contributed by atoms with van der Waals surface area (Å²) in [7, 11) is 0. The third-order valence-electron chi connectivity index (χ3n) is 6.37. The van der Waals surface area contributed by atoms with Crippen LogP contribution >= 0.6 is 0 Å².